The normalized spacial score (nSPS) is 33.2. The second-order valence-corrected chi connectivity index (χ2v) is 5.84. The third kappa shape index (κ3) is 2.37. The van der Waals surface area contributed by atoms with Gasteiger partial charge in [0.25, 0.3) is 0 Å². The molecule has 1 aliphatic carbocycles. The first kappa shape index (κ1) is 13.7. The van der Waals surface area contributed by atoms with Gasteiger partial charge in [-0.05, 0) is 43.9 Å². The van der Waals surface area contributed by atoms with Crippen molar-refractivity contribution in [2.24, 2.45) is 5.92 Å². The standard InChI is InChI=1S/C14H18F3N3/c1-9-3-2-6-19-13(9)7-11(13)20-12-5-4-10(8-18-12)14(15,16)17/h4-5,8-9,11,19H,2-3,6-7H2,1H3,(H,18,20)/t9-,11?,13?/m1/s1. The van der Waals surface area contributed by atoms with Crippen LogP contribution in [0.2, 0.25) is 0 Å². The van der Waals surface area contributed by atoms with Gasteiger partial charge in [0.1, 0.15) is 5.82 Å². The number of hydrogen-bond donors (Lipinski definition) is 2. The number of anilines is 1. The van der Waals surface area contributed by atoms with E-state index < -0.39 is 11.7 Å². The highest BCUT2D eigenvalue weighted by molar-refractivity contribution is 5.42. The number of hydrogen-bond acceptors (Lipinski definition) is 3. The average molecular weight is 285 g/mol. The van der Waals surface area contributed by atoms with Crippen LogP contribution in [0.1, 0.15) is 31.7 Å². The van der Waals surface area contributed by atoms with E-state index in [0.717, 1.165) is 25.2 Å². The Kier molecular flexibility index (Phi) is 3.16. The molecule has 2 unspecified atom stereocenters. The first-order valence-electron chi connectivity index (χ1n) is 6.97. The monoisotopic (exact) mass is 285 g/mol. The van der Waals surface area contributed by atoms with Gasteiger partial charge < -0.3 is 10.6 Å². The van der Waals surface area contributed by atoms with Crippen molar-refractivity contribution in [3.8, 4) is 0 Å². The SMILES string of the molecule is C[C@@H]1CCCNC12CC2Nc1ccc(C(F)(F)F)cn1. The van der Waals surface area contributed by atoms with Crippen molar-refractivity contribution in [2.75, 3.05) is 11.9 Å². The zero-order chi connectivity index (χ0) is 14.4. The predicted octanol–water partition coefficient (Wildman–Crippen LogP) is 3.04. The summed E-state index contributed by atoms with van der Waals surface area (Å²) in [5, 5.41) is 6.80. The Labute approximate surface area is 116 Å². The molecule has 1 spiro atoms. The highest BCUT2D eigenvalue weighted by atomic mass is 19.4. The summed E-state index contributed by atoms with van der Waals surface area (Å²) in [6, 6.07) is 2.74. The molecule has 1 saturated heterocycles. The van der Waals surface area contributed by atoms with E-state index in [2.05, 4.69) is 22.5 Å². The first-order chi connectivity index (χ1) is 9.42. The number of halogens is 3. The van der Waals surface area contributed by atoms with Gasteiger partial charge in [-0.15, -0.1) is 0 Å². The minimum absolute atomic E-state index is 0.114. The third-order valence-corrected chi connectivity index (χ3v) is 4.56. The molecule has 1 aromatic rings. The zero-order valence-electron chi connectivity index (χ0n) is 11.3. The summed E-state index contributed by atoms with van der Waals surface area (Å²) in [4.78, 5) is 3.87. The second-order valence-electron chi connectivity index (χ2n) is 5.84. The predicted molar refractivity (Wildman–Crippen MR) is 70.4 cm³/mol. The first-order valence-corrected chi connectivity index (χ1v) is 6.97. The van der Waals surface area contributed by atoms with Gasteiger partial charge in [0.05, 0.1) is 5.56 Å². The van der Waals surface area contributed by atoms with E-state index in [-0.39, 0.29) is 11.6 Å². The topological polar surface area (TPSA) is 37.0 Å². The van der Waals surface area contributed by atoms with E-state index in [4.69, 9.17) is 0 Å². The molecular formula is C14H18F3N3. The van der Waals surface area contributed by atoms with E-state index in [0.29, 0.717) is 11.7 Å². The maximum atomic E-state index is 12.5. The van der Waals surface area contributed by atoms with Crippen molar-refractivity contribution in [1.29, 1.82) is 0 Å². The Bertz CT molecular complexity index is 485. The number of nitrogens with one attached hydrogen (secondary N) is 2. The third-order valence-electron chi connectivity index (χ3n) is 4.56. The molecule has 1 saturated carbocycles. The van der Waals surface area contributed by atoms with Gasteiger partial charge in [0.2, 0.25) is 0 Å². The van der Waals surface area contributed by atoms with Gasteiger partial charge in [-0.25, -0.2) is 4.98 Å². The van der Waals surface area contributed by atoms with Crippen LogP contribution in [0.3, 0.4) is 0 Å². The van der Waals surface area contributed by atoms with Gasteiger partial charge in [-0.2, -0.15) is 13.2 Å². The summed E-state index contributed by atoms with van der Waals surface area (Å²) in [7, 11) is 0. The Balaban J connectivity index is 1.65. The fourth-order valence-corrected chi connectivity index (χ4v) is 3.19. The lowest BCUT2D eigenvalue weighted by Crippen LogP contribution is -2.46. The summed E-state index contributed by atoms with van der Waals surface area (Å²) < 4.78 is 37.4. The summed E-state index contributed by atoms with van der Waals surface area (Å²) in [6.07, 6.45) is -0.0441. The molecule has 0 radical (unpaired) electrons. The maximum Gasteiger partial charge on any atom is 0.417 e. The summed E-state index contributed by atoms with van der Waals surface area (Å²) in [5.41, 5.74) is -0.597. The van der Waals surface area contributed by atoms with Crippen LogP contribution >= 0.6 is 0 Å². The molecule has 2 aliphatic rings. The lowest BCUT2D eigenvalue weighted by Gasteiger charge is -2.31. The van der Waals surface area contributed by atoms with E-state index in [1.807, 2.05) is 0 Å². The van der Waals surface area contributed by atoms with Crippen molar-refractivity contribution < 1.29 is 13.2 Å². The van der Waals surface area contributed by atoms with E-state index in [1.165, 1.54) is 18.9 Å². The van der Waals surface area contributed by atoms with Crippen LogP contribution in [0, 0.1) is 5.92 Å². The fraction of sp³-hybridized carbons (Fsp3) is 0.643. The molecule has 0 aromatic carbocycles. The molecule has 0 amide bonds. The van der Waals surface area contributed by atoms with Crippen LogP contribution in [-0.4, -0.2) is 23.1 Å². The maximum absolute atomic E-state index is 12.5. The molecule has 20 heavy (non-hydrogen) atoms. The Morgan fingerprint density at radius 3 is 2.80 bits per heavy atom. The smallest absolute Gasteiger partial charge is 0.365 e. The van der Waals surface area contributed by atoms with E-state index >= 15 is 0 Å². The van der Waals surface area contributed by atoms with Crippen molar-refractivity contribution in [3.63, 3.8) is 0 Å². The van der Waals surface area contributed by atoms with Gasteiger partial charge in [-0.3, -0.25) is 0 Å². The number of piperidine rings is 1. The largest absolute Gasteiger partial charge is 0.417 e. The van der Waals surface area contributed by atoms with E-state index in [1.54, 1.807) is 0 Å². The summed E-state index contributed by atoms with van der Waals surface area (Å²) in [6.45, 7) is 3.25. The molecule has 3 atom stereocenters. The van der Waals surface area contributed by atoms with Gasteiger partial charge in [0, 0.05) is 17.8 Å². The van der Waals surface area contributed by atoms with Crippen molar-refractivity contribution >= 4 is 5.82 Å². The van der Waals surface area contributed by atoms with Crippen LogP contribution in [-0.2, 0) is 6.18 Å². The van der Waals surface area contributed by atoms with Crippen LogP contribution in [0.5, 0.6) is 0 Å². The average Bonchev–Trinajstić information content (AvgIpc) is 3.07. The lowest BCUT2D eigenvalue weighted by atomic mass is 9.90. The Morgan fingerprint density at radius 2 is 2.20 bits per heavy atom. The molecule has 2 heterocycles. The number of rotatable bonds is 2. The minimum atomic E-state index is -4.33. The van der Waals surface area contributed by atoms with E-state index in [9.17, 15) is 13.2 Å². The molecule has 6 heteroatoms. The molecule has 1 aromatic heterocycles. The number of alkyl halides is 3. The van der Waals surface area contributed by atoms with Gasteiger partial charge >= 0.3 is 6.18 Å². The van der Waals surface area contributed by atoms with Crippen molar-refractivity contribution in [1.82, 2.24) is 10.3 Å². The molecule has 3 rings (SSSR count). The molecule has 2 fully saturated rings. The highest BCUT2D eigenvalue weighted by Crippen LogP contribution is 2.47. The molecule has 0 bridgehead atoms. The minimum Gasteiger partial charge on any atom is -0.365 e. The molecule has 110 valence electrons. The second kappa shape index (κ2) is 4.62. The molecular weight excluding hydrogens is 267 g/mol. The highest BCUT2D eigenvalue weighted by Gasteiger charge is 2.58. The van der Waals surface area contributed by atoms with Crippen molar-refractivity contribution in [3.05, 3.63) is 23.9 Å². The van der Waals surface area contributed by atoms with Crippen LogP contribution < -0.4 is 10.6 Å². The zero-order valence-corrected chi connectivity index (χ0v) is 11.3. The Hall–Kier alpha value is -1.30. The van der Waals surface area contributed by atoms with Crippen molar-refractivity contribution in [2.45, 2.75) is 43.9 Å². The molecule has 3 nitrogen and oxygen atoms in total. The van der Waals surface area contributed by atoms with Crippen LogP contribution in [0.15, 0.2) is 18.3 Å². The van der Waals surface area contributed by atoms with Gasteiger partial charge in [-0.1, -0.05) is 6.92 Å². The number of pyridine rings is 1. The lowest BCUT2D eigenvalue weighted by molar-refractivity contribution is -0.137. The number of nitrogens with zero attached hydrogens (tertiary/aromatic N) is 1. The number of aromatic nitrogens is 1. The Morgan fingerprint density at radius 1 is 1.40 bits per heavy atom. The summed E-state index contributed by atoms with van der Waals surface area (Å²) in [5.74, 6) is 1.10. The molecule has 2 N–H and O–H groups in total. The van der Waals surface area contributed by atoms with Crippen LogP contribution in [0.25, 0.3) is 0 Å². The summed E-state index contributed by atoms with van der Waals surface area (Å²) >= 11 is 0. The molecule has 1 aliphatic heterocycles. The quantitative estimate of drug-likeness (QED) is 0.877. The van der Waals surface area contributed by atoms with Crippen LogP contribution in [0.4, 0.5) is 19.0 Å². The van der Waals surface area contributed by atoms with Gasteiger partial charge in [0.15, 0.2) is 0 Å². The fourth-order valence-electron chi connectivity index (χ4n) is 3.19.